The maximum absolute atomic E-state index is 12.4. The molecule has 2 unspecified atom stereocenters. The van der Waals surface area contributed by atoms with Crippen LogP contribution >= 0.6 is 11.3 Å². The molecule has 2 N–H and O–H groups in total. The summed E-state index contributed by atoms with van der Waals surface area (Å²) in [6, 6.07) is 3.32. The summed E-state index contributed by atoms with van der Waals surface area (Å²) in [5, 5.41) is 15.2. The van der Waals surface area contributed by atoms with Gasteiger partial charge in [0.15, 0.2) is 0 Å². The van der Waals surface area contributed by atoms with Crippen LogP contribution in [0.25, 0.3) is 0 Å². The number of rotatable bonds is 5. The minimum absolute atomic E-state index is 0.0184. The molecule has 2 heterocycles. The van der Waals surface area contributed by atoms with Crippen LogP contribution in [0.5, 0.6) is 0 Å². The molecule has 0 radical (unpaired) electrons. The van der Waals surface area contributed by atoms with Crippen LogP contribution in [0, 0.1) is 0 Å². The number of aliphatic hydroxyl groups is 1. The monoisotopic (exact) mass is 324 g/mol. The van der Waals surface area contributed by atoms with E-state index in [9.17, 15) is 14.7 Å². The fraction of sp³-hybridized carbons (Fsp3) is 0.625. The summed E-state index contributed by atoms with van der Waals surface area (Å²) >= 11 is 1.46. The second kappa shape index (κ2) is 7.24. The predicted molar refractivity (Wildman–Crippen MR) is 86.5 cm³/mol. The maximum atomic E-state index is 12.4. The van der Waals surface area contributed by atoms with Gasteiger partial charge in [-0.2, -0.15) is 0 Å². The molecule has 0 saturated carbocycles. The van der Waals surface area contributed by atoms with Crippen LogP contribution in [0.15, 0.2) is 17.5 Å². The molecule has 1 aliphatic rings. The van der Waals surface area contributed by atoms with E-state index in [4.69, 9.17) is 0 Å². The van der Waals surface area contributed by atoms with Crippen molar-refractivity contribution in [2.24, 2.45) is 0 Å². The highest BCUT2D eigenvalue weighted by atomic mass is 32.1. The molecule has 2 amide bonds. The van der Waals surface area contributed by atoms with Gasteiger partial charge < -0.3 is 15.3 Å². The van der Waals surface area contributed by atoms with Gasteiger partial charge in [-0.15, -0.1) is 11.3 Å². The van der Waals surface area contributed by atoms with Crippen molar-refractivity contribution in [2.45, 2.75) is 51.2 Å². The molecule has 2 atom stereocenters. The molecular formula is C16H24N2O3S. The maximum Gasteiger partial charge on any atom is 0.242 e. The van der Waals surface area contributed by atoms with E-state index in [1.165, 1.54) is 11.3 Å². The summed E-state index contributed by atoms with van der Waals surface area (Å²) in [4.78, 5) is 26.9. The Labute approximate surface area is 135 Å². The van der Waals surface area contributed by atoms with E-state index in [-0.39, 0.29) is 18.4 Å². The molecule has 1 saturated heterocycles. The van der Waals surface area contributed by atoms with E-state index in [0.717, 1.165) is 17.7 Å². The number of amides is 2. The van der Waals surface area contributed by atoms with Crippen LogP contribution in [0.2, 0.25) is 0 Å². The van der Waals surface area contributed by atoms with Crippen LogP contribution in [0.3, 0.4) is 0 Å². The summed E-state index contributed by atoms with van der Waals surface area (Å²) in [5.41, 5.74) is -1.09. The molecule has 0 aliphatic carbocycles. The number of likely N-dealkylation sites (tertiary alicyclic amines) is 1. The Kier molecular flexibility index (Phi) is 5.58. The number of nitrogens with one attached hydrogen (secondary N) is 1. The van der Waals surface area contributed by atoms with Gasteiger partial charge in [-0.25, -0.2) is 0 Å². The zero-order chi connectivity index (χ0) is 16.2. The predicted octanol–water partition coefficient (Wildman–Crippen LogP) is 1.86. The van der Waals surface area contributed by atoms with E-state index < -0.39 is 11.6 Å². The highest BCUT2D eigenvalue weighted by Crippen LogP contribution is 2.25. The van der Waals surface area contributed by atoms with Gasteiger partial charge in [0.2, 0.25) is 11.8 Å². The van der Waals surface area contributed by atoms with E-state index in [1.807, 2.05) is 24.4 Å². The number of nitrogens with zero attached hydrogens (tertiary/aromatic N) is 1. The smallest absolute Gasteiger partial charge is 0.242 e. The SMILES string of the molecule is CCC(=O)N1CCCCC1C(=O)NCC(C)(O)c1cccs1. The number of carbonyl (C=O) groups excluding carboxylic acids is 2. The van der Waals surface area contributed by atoms with Crippen LogP contribution in [0.4, 0.5) is 0 Å². The summed E-state index contributed by atoms with van der Waals surface area (Å²) in [5.74, 6) is -0.150. The lowest BCUT2D eigenvalue weighted by molar-refractivity contribution is -0.142. The first-order chi connectivity index (χ1) is 10.5. The van der Waals surface area contributed by atoms with E-state index in [1.54, 1.807) is 11.8 Å². The Bertz CT molecular complexity index is 513. The lowest BCUT2D eigenvalue weighted by Gasteiger charge is -2.35. The Balaban J connectivity index is 1.97. The highest BCUT2D eigenvalue weighted by Gasteiger charge is 2.33. The van der Waals surface area contributed by atoms with Gasteiger partial charge >= 0.3 is 0 Å². The Morgan fingerprint density at radius 2 is 2.27 bits per heavy atom. The lowest BCUT2D eigenvalue weighted by atomic mass is 10.00. The quantitative estimate of drug-likeness (QED) is 0.868. The summed E-state index contributed by atoms with van der Waals surface area (Å²) in [7, 11) is 0. The van der Waals surface area contributed by atoms with Crippen LogP contribution in [0.1, 0.15) is 44.4 Å². The molecule has 1 aromatic heterocycles. The van der Waals surface area contributed by atoms with Crippen molar-refractivity contribution in [3.63, 3.8) is 0 Å². The average molecular weight is 324 g/mol. The zero-order valence-electron chi connectivity index (χ0n) is 13.2. The summed E-state index contributed by atoms with van der Waals surface area (Å²) in [6.07, 6.45) is 3.00. The van der Waals surface area contributed by atoms with Crippen molar-refractivity contribution in [3.8, 4) is 0 Å². The number of hydrogen-bond acceptors (Lipinski definition) is 4. The Hall–Kier alpha value is -1.40. The van der Waals surface area contributed by atoms with Gasteiger partial charge in [-0.3, -0.25) is 9.59 Å². The van der Waals surface area contributed by atoms with Gasteiger partial charge in [-0.05, 0) is 37.6 Å². The van der Waals surface area contributed by atoms with E-state index in [0.29, 0.717) is 19.4 Å². The molecule has 0 aromatic carbocycles. The largest absolute Gasteiger partial charge is 0.383 e. The van der Waals surface area contributed by atoms with Crippen molar-refractivity contribution in [1.29, 1.82) is 0 Å². The van der Waals surface area contributed by atoms with Gasteiger partial charge in [0.1, 0.15) is 11.6 Å². The summed E-state index contributed by atoms with van der Waals surface area (Å²) < 4.78 is 0. The first-order valence-electron chi connectivity index (χ1n) is 7.79. The molecule has 22 heavy (non-hydrogen) atoms. The Morgan fingerprint density at radius 3 is 2.91 bits per heavy atom. The lowest BCUT2D eigenvalue weighted by Crippen LogP contribution is -2.53. The first-order valence-corrected chi connectivity index (χ1v) is 8.67. The van der Waals surface area contributed by atoms with Crippen molar-refractivity contribution in [1.82, 2.24) is 10.2 Å². The molecular weight excluding hydrogens is 300 g/mol. The minimum atomic E-state index is -1.09. The van der Waals surface area contributed by atoms with E-state index in [2.05, 4.69) is 5.32 Å². The number of piperidine rings is 1. The van der Waals surface area contributed by atoms with Gasteiger partial charge in [0, 0.05) is 17.8 Å². The van der Waals surface area contributed by atoms with Crippen LogP contribution in [-0.2, 0) is 15.2 Å². The third kappa shape index (κ3) is 3.87. The Morgan fingerprint density at radius 1 is 1.50 bits per heavy atom. The van der Waals surface area contributed by atoms with Crippen LogP contribution < -0.4 is 5.32 Å². The molecule has 1 aromatic rings. The molecule has 1 fully saturated rings. The molecule has 0 bridgehead atoms. The molecule has 122 valence electrons. The minimum Gasteiger partial charge on any atom is -0.383 e. The second-order valence-electron chi connectivity index (χ2n) is 5.92. The van der Waals surface area contributed by atoms with Crippen molar-refractivity contribution in [2.75, 3.05) is 13.1 Å². The highest BCUT2D eigenvalue weighted by molar-refractivity contribution is 7.10. The van der Waals surface area contributed by atoms with Crippen molar-refractivity contribution in [3.05, 3.63) is 22.4 Å². The van der Waals surface area contributed by atoms with Crippen molar-refractivity contribution < 1.29 is 14.7 Å². The topological polar surface area (TPSA) is 69.6 Å². The summed E-state index contributed by atoms with van der Waals surface area (Å²) in [6.45, 7) is 4.30. The fourth-order valence-electron chi connectivity index (χ4n) is 2.75. The third-order valence-corrected chi connectivity index (χ3v) is 5.21. The number of thiophene rings is 1. The molecule has 1 aliphatic heterocycles. The number of hydrogen-bond donors (Lipinski definition) is 2. The number of carbonyl (C=O) groups is 2. The van der Waals surface area contributed by atoms with E-state index >= 15 is 0 Å². The standard InChI is InChI=1S/C16H24N2O3S/c1-3-14(19)18-9-5-4-7-12(18)15(20)17-11-16(2,21)13-8-6-10-22-13/h6,8,10,12,21H,3-5,7,9,11H2,1-2H3,(H,17,20). The second-order valence-corrected chi connectivity index (χ2v) is 6.87. The zero-order valence-corrected chi connectivity index (χ0v) is 14.0. The molecule has 2 rings (SSSR count). The van der Waals surface area contributed by atoms with Crippen LogP contribution in [-0.4, -0.2) is 41.0 Å². The molecule has 0 spiro atoms. The molecule has 5 nitrogen and oxygen atoms in total. The first kappa shape index (κ1) is 17.0. The van der Waals surface area contributed by atoms with Gasteiger partial charge in [0.25, 0.3) is 0 Å². The third-order valence-electron chi connectivity index (χ3n) is 4.09. The molecule has 6 heteroatoms. The van der Waals surface area contributed by atoms with Crippen molar-refractivity contribution >= 4 is 23.2 Å². The average Bonchev–Trinajstić information content (AvgIpc) is 3.07. The van der Waals surface area contributed by atoms with Gasteiger partial charge in [0.05, 0.1) is 6.54 Å². The normalized spacial score (nSPS) is 21.2. The fourth-order valence-corrected chi connectivity index (χ4v) is 3.54. The van der Waals surface area contributed by atoms with Gasteiger partial charge in [-0.1, -0.05) is 13.0 Å².